The zero-order valence-corrected chi connectivity index (χ0v) is 16.0. The number of hydrogen-bond donors (Lipinski definition) is 1. The molecule has 0 aromatic heterocycles. The van der Waals surface area contributed by atoms with Gasteiger partial charge in [0.2, 0.25) is 5.91 Å². The zero-order valence-electron chi connectivity index (χ0n) is 16.0. The molecule has 0 spiro atoms. The fourth-order valence-corrected chi connectivity index (χ4v) is 3.02. The summed E-state index contributed by atoms with van der Waals surface area (Å²) in [6, 6.07) is 13.8. The Morgan fingerprint density at radius 2 is 1.93 bits per heavy atom. The first kappa shape index (κ1) is 18.8. The molecule has 27 heavy (non-hydrogen) atoms. The van der Waals surface area contributed by atoms with Crippen LogP contribution in [-0.4, -0.2) is 24.7 Å². The molecule has 1 aliphatic rings. The van der Waals surface area contributed by atoms with E-state index < -0.39 is 0 Å². The quantitative estimate of drug-likeness (QED) is 0.824. The molecule has 1 amide bonds. The number of rotatable bonds is 5. The first-order valence-corrected chi connectivity index (χ1v) is 9.36. The summed E-state index contributed by atoms with van der Waals surface area (Å²) in [4.78, 5) is 11.2. The van der Waals surface area contributed by atoms with Crippen LogP contribution >= 0.6 is 0 Å². The smallest absolute Gasteiger partial charge is 0.217 e. The summed E-state index contributed by atoms with van der Waals surface area (Å²) in [5.74, 6) is 8.05. The van der Waals surface area contributed by atoms with Gasteiger partial charge in [-0.2, -0.15) is 0 Å². The lowest BCUT2D eigenvalue weighted by Crippen LogP contribution is -2.42. The van der Waals surface area contributed by atoms with Crippen LogP contribution < -0.4 is 14.8 Å². The summed E-state index contributed by atoms with van der Waals surface area (Å²) in [6.45, 7) is 6.30. The minimum Gasteiger partial charge on any atom is -0.494 e. The molecular formula is C23H25NO3. The normalized spacial score (nSPS) is 15.7. The average molecular weight is 363 g/mol. The van der Waals surface area contributed by atoms with Crippen LogP contribution in [0.2, 0.25) is 0 Å². The van der Waals surface area contributed by atoms with Gasteiger partial charge in [0.15, 0.2) is 0 Å². The van der Waals surface area contributed by atoms with Gasteiger partial charge in [-0.1, -0.05) is 24.8 Å². The lowest BCUT2D eigenvalue weighted by Gasteiger charge is -2.19. The molecule has 4 nitrogen and oxygen atoms in total. The van der Waals surface area contributed by atoms with Gasteiger partial charge in [-0.05, 0) is 55.3 Å². The number of carbonyl (C=O) groups is 1. The number of amides is 1. The molecule has 4 heteroatoms. The molecule has 0 fully saturated rings. The summed E-state index contributed by atoms with van der Waals surface area (Å²) in [7, 11) is 0. The Bertz CT molecular complexity index is 861. The van der Waals surface area contributed by atoms with Crippen molar-refractivity contribution in [1.29, 1.82) is 0 Å². The maximum Gasteiger partial charge on any atom is 0.217 e. The SMILES string of the molecule is CCCOc1ccc(C#Cc2ccc3c(c2)O[C@@H]([C@@H](C)NC(C)=O)C3)cc1. The van der Waals surface area contributed by atoms with E-state index in [4.69, 9.17) is 9.47 Å². The van der Waals surface area contributed by atoms with Crippen LogP contribution in [-0.2, 0) is 11.2 Å². The second-order valence-electron chi connectivity index (χ2n) is 6.79. The molecule has 140 valence electrons. The highest BCUT2D eigenvalue weighted by atomic mass is 16.5. The molecule has 2 aromatic rings. The Kier molecular flexibility index (Phi) is 6.03. The highest BCUT2D eigenvalue weighted by Crippen LogP contribution is 2.30. The number of nitrogens with one attached hydrogen (secondary N) is 1. The van der Waals surface area contributed by atoms with E-state index in [0.717, 1.165) is 47.6 Å². The summed E-state index contributed by atoms with van der Waals surface area (Å²) < 4.78 is 11.6. The van der Waals surface area contributed by atoms with Gasteiger partial charge in [-0.15, -0.1) is 0 Å². The first-order chi connectivity index (χ1) is 13.0. The summed E-state index contributed by atoms with van der Waals surface area (Å²) >= 11 is 0. The van der Waals surface area contributed by atoms with E-state index in [1.807, 2.05) is 43.3 Å². The topological polar surface area (TPSA) is 47.6 Å². The van der Waals surface area contributed by atoms with Crippen LogP contribution in [0.15, 0.2) is 42.5 Å². The second kappa shape index (κ2) is 8.64. The van der Waals surface area contributed by atoms with Gasteiger partial charge in [0.1, 0.15) is 17.6 Å². The fourth-order valence-electron chi connectivity index (χ4n) is 3.02. The predicted molar refractivity (Wildman–Crippen MR) is 106 cm³/mol. The first-order valence-electron chi connectivity index (χ1n) is 9.36. The van der Waals surface area contributed by atoms with Crippen LogP contribution in [0.3, 0.4) is 0 Å². The van der Waals surface area contributed by atoms with Gasteiger partial charge in [-0.25, -0.2) is 0 Å². The molecule has 0 aliphatic carbocycles. The maximum absolute atomic E-state index is 11.2. The highest BCUT2D eigenvalue weighted by molar-refractivity contribution is 5.73. The Hall–Kier alpha value is -2.93. The molecule has 1 aliphatic heterocycles. The minimum atomic E-state index is -0.0419. The van der Waals surface area contributed by atoms with Crippen molar-refractivity contribution in [2.24, 2.45) is 0 Å². The third kappa shape index (κ3) is 5.04. The Labute approximate surface area is 160 Å². The van der Waals surface area contributed by atoms with Gasteiger partial charge in [0.25, 0.3) is 0 Å². The maximum atomic E-state index is 11.2. The van der Waals surface area contributed by atoms with Crippen molar-refractivity contribution >= 4 is 5.91 Å². The van der Waals surface area contributed by atoms with Crippen LogP contribution in [0, 0.1) is 11.8 Å². The summed E-state index contributed by atoms with van der Waals surface area (Å²) in [6.07, 6.45) is 1.75. The molecule has 0 saturated carbocycles. The Morgan fingerprint density at radius 3 is 2.63 bits per heavy atom. The Balaban J connectivity index is 1.66. The standard InChI is InChI=1S/C23H25NO3/c1-4-13-26-21-11-8-18(9-12-21)5-6-19-7-10-20-15-22(27-23(20)14-19)16(2)24-17(3)25/h7-12,14,16,22H,4,13,15H2,1-3H3,(H,24,25)/t16-,22-/m1/s1. The van der Waals surface area contributed by atoms with E-state index >= 15 is 0 Å². The summed E-state index contributed by atoms with van der Waals surface area (Å²) in [5.41, 5.74) is 3.01. The Morgan fingerprint density at radius 1 is 1.22 bits per heavy atom. The number of hydrogen-bond acceptors (Lipinski definition) is 3. The van der Waals surface area contributed by atoms with Crippen molar-refractivity contribution < 1.29 is 14.3 Å². The lowest BCUT2D eigenvalue weighted by atomic mass is 10.0. The van der Waals surface area contributed by atoms with Crippen molar-refractivity contribution in [2.75, 3.05) is 6.61 Å². The molecule has 0 radical (unpaired) electrons. The summed E-state index contributed by atoms with van der Waals surface area (Å²) in [5, 5.41) is 2.90. The van der Waals surface area contributed by atoms with Crippen molar-refractivity contribution in [2.45, 2.75) is 45.8 Å². The van der Waals surface area contributed by atoms with Crippen LogP contribution in [0.5, 0.6) is 11.5 Å². The fraction of sp³-hybridized carbons (Fsp3) is 0.348. The van der Waals surface area contributed by atoms with Gasteiger partial charge in [0, 0.05) is 24.5 Å². The predicted octanol–water partition coefficient (Wildman–Crippen LogP) is 3.70. The molecule has 2 aromatic carbocycles. The third-order valence-corrected chi connectivity index (χ3v) is 4.43. The van der Waals surface area contributed by atoms with Crippen molar-refractivity contribution in [3.63, 3.8) is 0 Å². The van der Waals surface area contributed by atoms with Crippen LogP contribution in [0.25, 0.3) is 0 Å². The number of benzene rings is 2. The average Bonchev–Trinajstić information content (AvgIpc) is 3.08. The molecule has 3 rings (SSSR count). The van der Waals surface area contributed by atoms with E-state index in [-0.39, 0.29) is 18.1 Å². The molecule has 1 N–H and O–H groups in total. The van der Waals surface area contributed by atoms with Crippen LogP contribution in [0.4, 0.5) is 0 Å². The van der Waals surface area contributed by atoms with Crippen molar-refractivity contribution in [3.8, 4) is 23.3 Å². The molecule has 0 bridgehead atoms. The number of fused-ring (bicyclic) bond motifs is 1. The van der Waals surface area contributed by atoms with Gasteiger partial charge < -0.3 is 14.8 Å². The van der Waals surface area contributed by atoms with Crippen LogP contribution in [0.1, 0.15) is 43.9 Å². The number of carbonyl (C=O) groups excluding carboxylic acids is 1. The van der Waals surface area contributed by atoms with Gasteiger partial charge >= 0.3 is 0 Å². The van der Waals surface area contributed by atoms with E-state index in [0.29, 0.717) is 0 Å². The van der Waals surface area contributed by atoms with Gasteiger partial charge in [-0.3, -0.25) is 4.79 Å². The molecule has 1 heterocycles. The van der Waals surface area contributed by atoms with Crippen molar-refractivity contribution in [3.05, 3.63) is 59.2 Å². The van der Waals surface area contributed by atoms with E-state index in [2.05, 4.69) is 30.1 Å². The third-order valence-electron chi connectivity index (χ3n) is 4.43. The van der Waals surface area contributed by atoms with E-state index in [1.54, 1.807) is 0 Å². The highest BCUT2D eigenvalue weighted by Gasteiger charge is 2.28. The monoisotopic (exact) mass is 363 g/mol. The van der Waals surface area contributed by atoms with Crippen molar-refractivity contribution in [1.82, 2.24) is 5.32 Å². The largest absolute Gasteiger partial charge is 0.494 e. The molecule has 0 unspecified atom stereocenters. The molecule has 2 atom stereocenters. The lowest BCUT2D eigenvalue weighted by molar-refractivity contribution is -0.120. The molecule has 0 saturated heterocycles. The van der Waals surface area contributed by atoms with Gasteiger partial charge in [0.05, 0.1) is 12.6 Å². The second-order valence-corrected chi connectivity index (χ2v) is 6.79. The van der Waals surface area contributed by atoms with E-state index in [9.17, 15) is 4.79 Å². The van der Waals surface area contributed by atoms with E-state index in [1.165, 1.54) is 6.92 Å². The number of ether oxygens (including phenoxy) is 2. The molecular weight excluding hydrogens is 338 g/mol. The minimum absolute atomic E-state index is 0.0297. The zero-order chi connectivity index (χ0) is 19.2.